The van der Waals surface area contributed by atoms with Crippen LogP contribution in [0.25, 0.3) is 11.1 Å². The van der Waals surface area contributed by atoms with E-state index in [1.807, 2.05) is 42.5 Å². The predicted molar refractivity (Wildman–Crippen MR) is 121 cm³/mol. The van der Waals surface area contributed by atoms with E-state index in [-0.39, 0.29) is 18.2 Å². The van der Waals surface area contributed by atoms with Crippen LogP contribution in [0.5, 0.6) is 0 Å². The van der Waals surface area contributed by atoms with E-state index in [4.69, 9.17) is 11.6 Å². The van der Waals surface area contributed by atoms with Gasteiger partial charge in [0.2, 0.25) is 0 Å². The van der Waals surface area contributed by atoms with Gasteiger partial charge in [0, 0.05) is 34.1 Å². The van der Waals surface area contributed by atoms with Gasteiger partial charge in [-0.3, -0.25) is 9.59 Å². The maximum atomic E-state index is 13.1. The molecular weight excluding hydrogens is 410 g/mol. The quantitative estimate of drug-likeness (QED) is 0.425. The topological polar surface area (TPSA) is 64.0 Å². The van der Waals surface area contributed by atoms with Gasteiger partial charge in [-0.05, 0) is 17.7 Å². The second kappa shape index (κ2) is 9.41. The summed E-state index contributed by atoms with van der Waals surface area (Å²) in [5, 5.41) is 3.33. The third-order valence-corrected chi connectivity index (χ3v) is 5.26. The minimum Gasteiger partial charge on any atom is -0.340 e. The van der Waals surface area contributed by atoms with Crippen LogP contribution in [0.2, 0.25) is 5.02 Å². The van der Waals surface area contributed by atoms with E-state index in [1.54, 1.807) is 59.7 Å². The fourth-order valence-electron chi connectivity index (χ4n) is 3.35. The fourth-order valence-corrected chi connectivity index (χ4v) is 3.64. The van der Waals surface area contributed by atoms with Crippen LogP contribution < -0.4 is 5.32 Å². The van der Waals surface area contributed by atoms with Crippen LogP contribution >= 0.6 is 11.6 Å². The maximum Gasteiger partial charge on any atom is 0.251 e. The van der Waals surface area contributed by atoms with Crippen LogP contribution in [0.4, 0.5) is 0 Å². The number of carbonyl (C=O) groups excluding carboxylic acids is 2. The summed E-state index contributed by atoms with van der Waals surface area (Å²) in [7, 11) is 0. The number of nitrogens with zero attached hydrogens (tertiary/aromatic N) is 2. The van der Waals surface area contributed by atoms with Gasteiger partial charge in [-0.2, -0.15) is 0 Å². The zero-order valence-corrected chi connectivity index (χ0v) is 17.4. The molecule has 31 heavy (non-hydrogen) atoms. The van der Waals surface area contributed by atoms with Gasteiger partial charge in [-0.25, -0.2) is 4.98 Å². The first-order valence-electron chi connectivity index (χ1n) is 9.82. The van der Waals surface area contributed by atoms with Crippen LogP contribution in [0, 0.1) is 0 Å². The van der Waals surface area contributed by atoms with Gasteiger partial charge >= 0.3 is 0 Å². The molecule has 0 aliphatic carbocycles. The lowest BCUT2D eigenvalue weighted by atomic mass is 10.0. The Labute approximate surface area is 185 Å². The first-order chi connectivity index (χ1) is 15.1. The van der Waals surface area contributed by atoms with Crippen molar-refractivity contribution >= 4 is 23.3 Å². The molecule has 0 fully saturated rings. The molecule has 1 heterocycles. The van der Waals surface area contributed by atoms with Crippen molar-refractivity contribution in [2.75, 3.05) is 0 Å². The van der Waals surface area contributed by atoms with E-state index < -0.39 is 6.04 Å². The number of halogens is 1. The van der Waals surface area contributed by atoms with E-state index >= 15 is 0 Å². The lowest BCUT2D eigenvalue weighted by molar-refractivity contribution is 0.0847. The number of imidazole rings is 1. The largest absolute Gasteiger partial charge is 0.340 e. The number of hydrogen-bond acceptors (Lipinski definition) is 3. The number of aromatic nitrogens is 2. The number of nitrogens with one attached hydrogen (secondary N) is 1. The summed E-state index contributed by atoms with van der Waals surface area (Å²) in [4.78, 5) is 30.1. The number of amides is 1. The highest BCUT2D eigenvalue weighted by Gasteiger charge is 2.23. The Bertz CT molecular complexity index is 1180. The summed E-state index contributed by atoms with van der Waals surface area (Å²) in [5.41, 5.74) is 2.73. The highest BCUT2D eigenvalue weighted by molar-refractivity contribution is 6.33. The first kappa shape index (κ1) is 20.6. The maximum absolute atomic E-state index is 13.1. The molecule has 3 aromatic carbocycles. The molecule has 0 radical (unpaired) electrons. The average molecular weight is 430 g/mol. The monoisotopic (exact) mass is 429 g/mol. The molecule has 0 aliphatic heterocycles. The number of hydrogen-bond donors (Lipinski definition) is 1. The highest BCUT2D eigenvalue weighted by Crippen LogP contribution is 2.28. The molecule has 0 saturated heterocycles. The summed E-state index contributed by atoms with van der Waals surface area (Å²) in [6.07, 6.45) is 5.00. The Morgan fingerprint density at radius 2 is 1.65 bits per heavy atom. The van der Waals surface area contributed by atoms with Crippen molar-refractivity contribution in [3.8, 4) is 11.1 Å². The minimum atomic E-state index is -0.753. The molecule has 0 aliphatic rings. The predicted octanol–water partition coefficient (Wildman–Crippen LogP) is 4.89. The molecule has 5 nitrogen and oxygen atoms in total. The number of Topliss-reactive ketones (excluding diaryl/α,β-unsaturated/α-hetero) is 1. The van der Waals surface area contributed by atoms with Crippen molar-refractivity contribution in [2.24, 2.45) is 0 Å². The number of benzene rings is 3. The molecule has 1 unspecified atom stereocenters. The normalized spacial score (nSPS) is 11.6. The molecule has 1 N–H and O–H groups in total. The second-order valence-corrected chi connectivity index (χ2v) is 7.48. The van der Waals surface area contributed by atoms with Crippen molar-refractivity contribution in [3.05, 3.63) is 114 Å². The molecule has 0 spiro atoms. The number of carbonyl (C=O) groups is 2. The summed E-state index contributed by atoms with van der Waals surface area (Å²) in [6.45, 7) is 0.273. The van der Waals surface area contributed by atoms with Crippen LogP contribution in [-0.2, 0) is 6.54 Å². The van der Waals surface area contributed by atoms with E-state index in [1.165, 1.54) is 0 Å². The average Bonchev–Trinajstić information content (AvgIpc) is 3.32. The van der Waals surface area contributed by atoms with Gasteiger partial charge < -0.3 is 9.88 Å². The highest BCUT2D eigenvalue weighted by atomic mass is 35.5. The van der Waals surface area contributed by atoms with Crippen LogP contribution in [0.3, 0.4) is 0 Å². The molecular formula is C25H20ClN3O2. The Morgan fingerprint density at radius 1 is 0.935 bits per heavy atom. The van der Waals surface area contributed by atoms with Crippen LogP contribution in [0.1, 0.15) is 20.7 Å². The molecule has 4 aromatic rings. The van der Waals surface area contributed by atoms with Gasteiger partial charge in [-0.1, -0.05) is 78.3 Å². The Balaban J connectivity index is 1.57. The summed E-state index contributed by atoms with van der Waals surface area (Å²) in [5.74, 6) is -0.537. The van der Waals surface area contributed by atoms with Gasteiger partial charge in [0.1, 0.15) is 6.04 Å². The molecule has 1 amide bonds. The van der Waals surface area contributed by atoms with Crippen molar-refractivity contribution in [3.63, 3.8) is 0 Å². The molecule has 154 valence electrons. The zero-order valence-electron chi connectivity index (χ0n) is 16.6. The molecule has 1 atom stereocenters. The van der Waals surface area contributed by atoms with Crippen molar-refractivity contribution < 1.29 is 9.59 Å². The Kier molecular flexibility index (Phi) is 6.24. The van der Waals surface area contributed by atoms with E-state index in [0.29, 0.717) is 16.1 Å². The Hall–Kier alpha value is -3.70. The first-order valence-corrected chi connectivity index (χ1v) is 10.2. The fraction of sp³-hybridized carbons (Fsp3) is 0.0800. The van der Waals surface area contributed by atoms with Crippen molar-refractivity contribution in [2.45, 2.75) is 12.6 Å². The smallest absolute Gasteiger partial charge is 0.251 e. The second-order valence-electron chi connectivity index (χ2n) is 7.08. The lowest BCUT2D eigenvalue weighted by Gasteiger charge is -2.19. The molecule has 6 heteroatoms. The standard InChI is InChI=1S/C25H20ClN3O2/c26-22-15-20(11-12-21(22)18-7-3-1-4-8-18)25(31)28-23(16-29-14-13-27-17-29)24(30)19-9-5-2-6-10-19/h1-15,17,23H,16H2,(H,28,31). The minimum absolute atomic E-state index is 0.172. The van der Waals surface area contributed by atoms with Crippen molar-refractivity contribution in [1.29, 1.82) is 0 Å². The molecule has 0 bridgehead atoms. The Morgan fingerprint density at radius 3 is 2.29 bits per heavy atom. The SMILES string of the molecule is O=C(NC(Cn1ccnc1)C(=O)c1ccccc1)c1ccc(-c2ccccc2)c(Cl)c1. The molecule has 0 saturated carbocycles. The van der Waals surface area contributed by atoms with Gasteiger partial charge in [0.05, 0.1) is 12.9 Å². The number of ketones is 1. The third-order valence-electron chi connectivity index (χ3n) is 4.95. The van der Waals surface area contributed by atoms with E-state index in [9.17, 15) is 9.59 Å². The van der Waals surface area contributed by atoms with Crippen LogP contribution in [0.15, 0.2) is 97.6 Å². The van der Waals surface area contributed by atoms with E-state index in [2.05, 4.69) is 10.3 Å². The third kappa shape index (κ3) is 4.90. The van der Waals surface area contributed by atoms with Crippen molar-refractivity contribution in [1.82, 2.24) is 14.9 Å². The summed E-state index contributed by atoms with van der Waals surface area (Å²) < 4.78 is 1.76. The zero-order chi connectivity index (χ0) is 21.6. The van der Waals surface area contributed by atoms with Gasteiger partial charge in [-0.15, -0.1) is 0 Å². The van der Waals surface area contributed by atoms with Crippen LogP contribution in [-0.4, -0.2) is 27.3 Å². The summed E-state index contributed by atoms with van der Waals surface area (Å²) in [6, 6.07) is 23.0. The molecule has 1 aromatic heterocycles. The van der Waals surface area contributed by atoms with Gasteiger partial charge in [0.25, 0.3) is 5.91 Å². The lowest BCUT2D eigenvalue weighted by Crippen LogP contribution is -2.43. The van der Waals surface area contributed by atoms with Gasteiger partial charge in [0.15, 0.2) is 5.78 Å². The molecule has 4 rings (SSSR count). The summed E-state index contributed by atoms with van der Waals surface area (Å²) >= 11 is 6.46. The van der Waals surface area contributed by atoms with E-state index in [0.717, 1.165) is 11.1 Å². The number of rotatable bonds is 7.